The second-order valence-corrected chi connectivity index (χ2v) is 7.68. The molecule has 0 aliphatic carbocycles. The molecule has 8 nitrogen and oxygen atoms in total. The Bertz CT molecular complexity index is 1390. The molecule has 1 atom stereocenters. The Morgan fingerprint density at radius 3 is 2.50 bits per heavy atom. The number of carbonyl (C=O) groups is 1. The smallest absolute Gasteiger partial charge is 0.289 e. The molecule has 2 aromatic carbocycles. The number of hydrogen-bond donors (Lipinski definition) is 3. The number of aryl methyl sites for hydroxylation is 1. The summed E-state index contributed by atoms with van der Waals surface area (Å²) in [7, 11) is 3.81. The van der Waals surface area contributed by atoms with Gasteiger partial charge in [0, 0.05) is 36.9 Å². The molecule has 0 unspecified atom stereocenters. The van der Waals surface area contributed by atoms with Gasteiger partial charge in [-0.3, -0.25) is 19.6 Å². The first-order valence-electron chi connectivity index (χ1n) is 10.4. The molecular weight excluding hydrogens is 402 g/mol. The van der Waals surface area contributed by atoms with Crippen LogP contribution in [0.2, 0.25) is 0 Å². The average molecular weight is 425 g/mol. The third-order valence-electron chi connectivity index (χ3n) is 5.54. The summed E-state index contributed by atoms with van der Waals surface area (Å²) >= 11 is 0. The molecule has 0 spiro atoms. The van der Waals surface area contributed by atoms with E-state index < -0.39 is 0 Å². The first-order chi connectivity index (χ1) is 15.6. The van der Waals surface area contributed by atoms with Gasteiger partial charge in [-0.05, 0) is 36.9 Å². The topological polar surface area (TPSA) is 101 Å². The fourth-order valence-electron chi connectivity index (χ4n) is 3.97. The molecule has 1 amide bonds. The van der Waals surface area contributed by atoms with Gasteiger partial charge < -0.3 is 10.6 Å². The zero-order valence-corrected chi connectivity index (χ0v) is 17.8. The van der Waals surface area contributed by atoms with Crippen molar-refractivity contribution in [2.24, 2.45) is 7.05 Å². The Morgan fingerprint density at radius 1 is 1.06 bits per heavy atom. The number of carbonyl (C=O) groups excluding carboxylic acids is 1. The second-order valence-electron chi connectivity index (χ2n) is 7.68. The van der Waals surface area contributed by atoms with E-state index in [1.807, 2.05) is 73.4 Å². The number of rotatable bonds is 6. The van der Waals surface area contributed by atoms with Gasteiger partial charge in [0.2, 0.25) is 5.82 Å². The van der Waals surface area contributed by atoms with E-state index in [0.29, 0.717) is 17.6 Å². The van der Waals surface area contributed by atoms with E-state index in [9.17, 15) is 4.79 Å². The summed E-state index contributed by atoms with van der Waals surface area (Å²) in [6.45, 7) is 0.602. The number of nitrogens with one attached hydrogen (secondary N) is 3. The number of benzene rings is 2. The lowest BCUT2D eigenvalue weighted by molar-refractivity contribution is 0.0927. The molecule has 32 heavy (non-hydrogen) atoms. The number of fused-ring (bicyclic) bond motifs is 2. The lowest BCUT2D eigenvalue weighted by Crippen LogP contribution is -2.35. The monoisotopic (exact) mass is 425 g/mol. The number of nitrogens with zero attached hydrogens (tertiary/aromatic N) is 4. The fourth-order valence-corrected chi connectivity index (χ4v) is 3.97. The van der Waals surface area contributed by atoms with Gasteiger partial charge in [0.1, 0.15) is 0 Å². The van der Waals surface area contributed by atoms with Crippen LogP contribution in [-0.2, 0) is 7.05 Å². The van der Waals surface area contributed by atoms with Crippen molar-refractivity contribution in [2.75, 3.05) is 13.6 Å². The van der Waals surface area contributed by atoms with Crippen LogP contribution in [0, 0.1) is 0 Å². The molecule has 0 fully saturated rings. The summed E-state index contributed by atoms with van der Waals surface area (Å²) in [5.74, 6) is -0.128. The minimum absolute atomic E-state index is 0.168. The second kappa shape index (κ2) is 8.24. The number of amides is 1. The summed E-state index contributed by atoms with van der Waals surface area (Å²) in [5, 5.41) is 10.6. The van der Waals surface area contributed by atoms with E-state index in [0.717, 1.165) is 27.7 Å². The van der Waals surface area contributed by atoms with Crippen molar-refractivity contribution < 1.29 is 4.79 Å². The molecular formula is C24H23N7O. The van der Waals surface area contributed by atoms with Crippen LogP contribution >= 0.6 is 0 Å². The number of H-pyrrole nitrogens is 1. The van der Waals surface area contributed by atoms with Crippen molar-refractivity contribution in [3.05, 3.63) is 78.4 Å². The van der Waals surface area contributed by atoms with Crippen molar-refractivity contribution in [1.29, 1.82) is 0 Å². The molecule has 3 N–H and O–H groups in total. The summed E-state index contributed by atoms with van der Waals surface area (Å²) in [4.78, 5) is 26.1. The minimum Gasteiger partial charge on any atom is -0.341 e. The summed E-state index contributed by atoms with van der Waals surface area (Å²) in [5.41, 5.74) is 5.37. The van der Waals surface area contributed by atoms with Crippen molar-refractivity contribution in [3.63, 3.8) is 0 Å². The molecule has 0 saturated heterocycles. The number of likely N-dealkylation sites (N-methyl/N-ethyl adjacent to an activating group) is 1. The molecule has 0 aliphatic heterocycles. The molecule has 5 aromatic rings. The van der Waals surface area contributed by atoms with Gasteiger partial charge in [0.05, 0.1) is 28.3 Å². The van der Waals surface area contributed by atoms with Gasteiger partial charge in [0.25, 0.3) is 5.91 Å². The predicted octanol–water partition coefficient (Wildman–Crippen LogP) is 3.20. The highest BCUT2D eigenvalue weighted by Gasteiger charge is 2.20. The Balaban J connectivity index is 1.50. The van der Waals surface area contributed by atoms with Crippen LogP contribution in [0.15, 0.2) is 67.0 Å². The number of pyridine rings is 1. The Morgan fingerprint density at radius 2 is 1.78 bits per heavy atom. The Hall–Kier alpha value is -4.04. The SMILES string of the molecule is CNC[C@@H](NC(=O)c1nc2cc3c(-c4ccncc4)[nH]n(C)c3cc2n1)c1ccccc1. The highest BCUT2D eigenvalue weighted by Crippen LogP contribution is 2.30. The summed E-state index contributed by atoms with van der Waals surface area (Å²) < 4.78 is 1.94. The minimum atomic E-state index is -0.296. The maximum absolute atomic E-state index is 13.0. The highest BCUT2D eigenvalue weighted by molar-refractivity contribution is 6.02. The van der Waals surface area contributed by atoms with Crippen LogP contribution in [0.1, 0.15) is 22.2 Å². The molecule has 8 heteroatoms. The average Bonchev–Trinajstić information content (AvgIpc) is 3.39. The van der Waals surface area contributed by atoms with Crippen molar-refractivity contribution in [2.45, 2.75) is 6.04 Å². The number of imidazole rings is 1. The third kappa shape index (κ3) is 3.61. The van der Waals surface area contributed by atoms with Gasteiger partial charge in [0.15, 0.2) is 0 Å². The quantitative estimate of drug-likeness (QED) is 0.388. The van der Waals surface area contributed by atoms with E-state index in [1.165, 1.54) is 0 Å². The normalized spacial score (nSPS) is 12.3. The maximum Gasteiger partial charge on any atom is 0.289 e. The number of aromatic nitrogens is 5. The molecule has 0 radical (unpaired) electrons. The molecule has 0 saturated carbocycles. The van der Waals surface area contributed by atoms with Crippen molar-refractivity contribution in [1.82, 2.24) is 35.4 Å². The number of hydrogen-bond acceptors (Lipinski definition) is 5. The predicted molar refractivity (Wildman–Crippen MR) is 124 cm³/mol. The van der Waals surface area contributed by atoms with Gasteiger partial charge in [-0.1, -0.05) is 30.3 Å². The maximum atomic E-state index is 13.0. The molecule has 3 heterocycles. The lowest BCUT2D eigenvalue weighted by Gasteiger charge is -2.18. The number of aromatic amines is 1. The molecule has 0 aliphatic rings. The van der Waals surface area contributed by atoms with E-state index in [2.05, 4.69) is 30.7 Å². The van der Waals surface area contributed by atoms with Crippen LogP contribution < -0.4 is 10.6 Å². The molecule has 5 rings (SSSR count). The summed E-state index contributed by atoms with van der Waals surface area (Å²) in [6.07, 6.45) is 3.53. The van der Waals surface area contributed by atoms with E-state index in [1.54, 1.807) is 12.4 Å². The first kappa shape index (κ1) is 19.9. The largest absolute Gasteiger partial charge is 0.341 e. The van der Waals surface area contributed by atoms with Gasteiger partial charge in [-0.25, -0.2) is 9.97 Å². The highest BCUT2D eigenvalue weighted by atomic mass is 16.2. The molecule has 160 valence electrons. The fraction of sp³-hybridized carbons (Fsp3) is 0.167. The van der Waals surface area contributed by atoms with Gasteiger partial charge in [-0.2, -0.15) is 0 Å². The zero-order valence-electron chi connectivity index (χ0n) is 17.8. The van der Waals surface area contributed by atoms with Gasteiger partial charge in [-0.15, -0.1) is 0 Å². The van der Waals surface area contributed by atoms with Crippen LogP contribution in [0.25, 0.3) is 33.2 Å². The van der Waals surface area contributed by atoms with Crippen molar-refractivity contribution >= 4 is 27.8 Å². The molecule has 0 bridgehead atoms. The molecule has 3 aromatic heterocycles. The standard InChI is InChI=1S/C24H23N7O/c1-25-14-20(15-6-4-3-5-7-15)29-24(32)23-27-18-12-17-21(13-19(18)28-23)31(2)30-22(17)16-8-10-26-11-9-16/h3-13,20,25,30H,14H2,1-2H3,(H,29,32)/t20-/m1/s1. The lowest BCUT2D eigenvalue weighted by atomic mass is 10.1. The van der Waals surface area contributed by atoms with Crippen LogP contribution in [0.3, 0.4) is 0 Å². The third-order valence-corrected chi connectivity index (χ3v) is 5.54. The van der Waals surface area contributed by atoms with E-state index in [4.69, 9.17) is 0 Å². The van der Waals surface area contributed by atoms with Crippen LogP contribution in [-0.4, -0.2) is 44.2 Å². The van der Waals surface area contributed by atoms with Crippen LogP contribution in [0.4, 0.5) is 0 Å². The Labute approximate surface area is 184 Å². The van der Waals surface area contributed by atoms with Crippen LogP contribution in [0.5, 0.6) is 0 Å². The van der Waals surface area contributed by atoms with Crippen molar-refractivity contribution in [3.8, 4) is 11.3 Å². The first-order valence-corrected chi connectivity index (χ1v) is 10.4. The van der Waals surface area contributed by atoms with E-state index in [-0.39, 0.29) is 17.8 Å². The van der Waals surface area contributed by atoms with E-state index >= 15 is 0 Å². The van der Waals surface area contributed by atoms with Gasteiger partial charge >= 0.3 is 0 Å². The summed E-state index contributed by atoms with van der Waals surface area (Å²) in [6, 6.07) is 17.5. The Kier molecular flexibility index (Phi) is 5.12. The zero-order chi connectivity index (χ0) is 22.1.